The molecule has 2 aromatic carbocycles. The quantitative estimate of drug-likeness (QED) is 0.370. The summed E-state index contributed by atoms with van der Waals surface area (Å²) in [4.78, 5) is 17.9. The number of carbonyl (C=O) groups is 1. The summed E-state index contributed by atoms with van der Waals surface area (Å²) >= 11 is 6.34. The fourth-order valence-corrected chi connectivity index (χ4v) is 5.13. The number of fused-ring (bicyclic) bond motifs is 3. The molecule has 0 unspecified atom stereocenters. The molecule has 0 radical (unpaired) electrons. The minimum Gasteiger partial charge on any atom is -0.490 e. The Kier molecular flexibility index (Phi) is 7.28. The Morgan fingerprint density at radius 3 is 2.47 bits per heavy atom. The van der Waals surface area contributed by atoms with E-state index in [1.165, 1.54) is 5.06 Å². The molecule has 5 rings (SSSR count). The lowest BCUT2D eigenvalue weighted by Gasteiger charge is -2.29. The van der Waals surface area contributed by atoms with Crippen molar-refractivity contribution in [2.45, 2.75) is 77.2 Å². The van der Waals surface area contributed by atoms with Gasteiger partial charge in [-0.15, -0.1) is 15.3 Å². The van der Waals surface area contributed by atoms with Crippen molar-refractivity contribution in [3.8, 4) is 17.5 Å². The SMILES string of the molecule is CC(C)(C)OC(=O)ON1Cc2cc(Cl)ccc2-n2c(nnc2C2CCC(Oc3ccc(C#N)cc3)CC2)C1. The second-order valence-electron chi connectivity index (χ2n) is 10.7. The molecular formula is C28H30ClN5O4. The standard InChI is InChI=1S/C28H30ClN5O4/c1-28(2,3)37-27(35)38-33-16-20-14-21(29)8-13-24(20)34-25(17-33)31-32-26(34)19-6-11-23(12-7-19)36-22-9-4-18(15-30)5-10-22/h4-5,8-10,13-14,19,23H,6-7,11-12,16-17H2,1-3H3. The number of hydrogen-bond acceptors (Lipinski definition) is 8. The molecular weight excluding hydrogens is 506 g/mol. The van der Waals surface area contributed by atoms with Gasteiger partial charge < -0.3 is 14.3 Å². The van der Waals surface area contributed by atoms with Crippen LogP contribution >= 0.6 is 11.6 Å². The van der Waals surface area contributed by atoms with Gasteiger partial charge >= 0.3 is 6.16 Å². The maximum Gasteiger partial charge on any atom is 0.528 e. The zero-order valence-electron chi connectivity index (χ0n) is 21.7. The van der Waals surface area contributed by atoms with Gasteiger partial charge in [-0.1, -0.05) is 11.6 Å². The van der Waals surface area contributed by atoms with Gasteiger partial charge in [0.05, 0.1) is 36.5 Å². The molecule has 3 aromatic rings. The van der Waals surface area contributed by atoms with Crippen LogP contribution in [0.3, 0.4) is 0 Å². The van der Waals surface area contributed by atoms with Crippen molar-refractivity contribution >= 4 is 17.8 Å². The van der Waals surface area contributed by atoms with E-state index in [1.54, 1.807) is 32.9 Å². The van der Waals surface area contributed by atoms with Crippen LogP contribution in [-0.4, -0.2) is 37.7 Å². The molecule has 38 heavy (non-hydrogen) atoms. The van der Waals surface area contributed by atoms with Crippen molar-refractivity contribution < 1.29 is 19.1 Å². The number of halogens is 1. The molecule has 10 heteroatoms. The summed E-state index contributed by atoms with van der Waals surface area (Å²) in [5.74, 6) is 2.55. The van der Waals surface area contributed by atoms with Gasteiger partial charge in [0, 0.05) is 10.9 Å². The van der Waals surface area contributed by atoms with E-state index in [0.717, 1.165) is 48.5 Å². The van der Waals surface area contributed by atoms with Gasteiger partial charge in [-0.25, -0.2) is 4.79 Å². The number of hydrogen-bond donors (Lipinski definition) is 0. The molecule has 1 aliphatic heterocycles. The Hall–Kier alpha value is -3.61. The molecule has 0 spiro atoms. The van der Waals surface area contributed by atoms with E-state index in [-0.39, 0.29) is 18.6 Å². The van der Waals surface area contributed by atoms with Crippen LogP contribution in [0.2, 0.25) is 5.02 Å². The highest BCUT2D eigenvalue weighted by Gasteiger charge is 2.32. The molecule has 2 aliphatic rings. The van der Waals surface area contributed by atoms with Crippen LogP contribution in [0.4, 0.5) is 4.79 Å². The average Bonchev–Trinajstić information content (AvgIpc) is 3.20. The molecule has 0 atom stereocenters. The van der Waals surface area contributed by atoms with E-state index < -0.39 is 11.8 Å². The van der Waals surface area contributed by atoms with Crippen molar-refractivity contribution in [3.63, 3.8) is 0 Å². The molecule has 0 N–H and O–H groups in total. The summed E-state index contributed by atoms with van der Waals surface area (Å²) < 4.78 is 13.6. The van der Waals surface area contributed by atoms with Gasteiger partial charge in [0.15, 0.2) is 5.82 Å². The first-order chi connectivity index (χ1) is 18.2. The highest BCUT2D eigenvalue weighted by atomic mass is 35.5. The van der Waals surface area contributed by atoms with Crippen LogP contribution in [0.1, 0.15) is 75.1 Å². The van der Waals surface area contributed by atoms with Crippen molar-refractivity contribution in [1.29, 1.82) is 5.26 Å². The number of hydroxylamine groups is 2. The summed E-state index contributed by atoms with van der Waals surface area (Å²) in [6.07, 6.45) is 2.91. The fraction of sp³-hybridized carbons (Fsp3) is 0.429. The largest absolute Gasteiger partial charge is 0.528 e. The first-order valence-corrected chi connectivity index (χ1v) is 13.1. The number of ether oxygens (including phenoxy) is 2. The minimum atomic E-state index is -0.769. The van der Waals surface area contributed by atoms with Crippen LogP contribution in [0, 0.1) is 11.3 Å². The number of rotatable bonds is 4. The van der Waals surface area contributed by atoms with Crippen molar-refractivity contribution in [2.24, 2.45) is 0 Å². The van der Waals surface area contributed by atoms with Crippen molar-refractivity contribution in [2.75, 3.05) is 0 Å². The van der Waals surface area contributed by atoms with E-state index in [9.17, 15) is 4.79 Å². The Bertz CT molecular complexity index is 1350. The molecule has 1 saturated carbocycles. The molecule has 1 fully saturated rings. The lowest BCUT2D eigenvalue weighted by molar-refractivity contribution is -0.155. The summed E-state index contributed by atoms with van der Waals surface area (Å²) in [7, 11) is 0. The predicted molar refractivity (Wildman–Crippen MR) is 140 cm³/mol. The van der Waals surface area contributed by atoms with Crippen LogP contribution in [-0.2, 0) is 22.7 Å². The first-order valence-electron chi connectivity index (χ1n) is 12.7. The number of carbonyl (C=O) groups excluding carboxylic acids is 1. The third-order valence-corrected chi connectivity index (χ3v) is 6.86. The highest BCUT2D eigenvalue weighted by Crippen LogP contribution is 2.37. The van der Waals surface area contributed by atoms with Crippen LogP contribution in [0.5, 0.6) is 5.75 Å². The monoisotopic (exact) mass is 535 g/mol. The smallest absolute Gasteiger partial charge is 0.490 e. The summed E-state index contributed by atoms with van der Waals surface area (Å²) in [6, 6.07) is 15.0. The van der Waals surface area contributed by atoms with Crippen molar-refractivity contribution in [1.82, 2.24) is 19.8 Å². The maximum atomic E-state index is 12.4. The van der Waals surface area contributed by atoms with Gasteiger partial charge in [-0.05, 0) is 94.5 Å². The van der Waals surface area contributed by atoms with Crippen LogP contribution in [0.15, 0.2) is 42.5 Å². The first kappa shape index (κ1) is 26.0. The zero-order chi connectivity index (χ0) is 26.9. The minimum absolute atomic E-state index is 0.106. The molecule has 0 amide bonds. The Balaban J connectivity index is 1.33. The summed E-state index contributed by atoms with van der Waals surface area (Å²) in [5, 5.41) is 20.2. The van der Waals surface area contributed by atoms with Crippen molar-refractivity contribution in [3.05, 3.63) is 70.3 Å². The molecule has 1 aliphatic carbocycles. The second-order valence-corrected chi connectivity index (χ2v) is 11.1. The van der Waals surface area contributed by atoms with E-state index in [0.29, 0.717) is 23.0 Å². The third-order valence-electron chi connectivity index (χ3n) is 6.62. The topological polar surface area (TPSA) is 102 Å². The van der Waals surface area contributed by atoms with E-state index in [4.69, 9.17) is 31.2 Å². The number of nitriles is 1. The molecule has 0 saturated heterocycles. The third kappa shape index (κ3) is 5.93. The lowest BCUT2D eigenvalue weighted by atomic mass is 9.86. The van der Waals surface area contributed by atoms with Gasteiger partial charge in [0.2, 0.25) is 0 Å². The lowest BCUT2D eigenvalue weighted by Crippen LogP contribution is -2.31. The Morgan fingerprint density at radius 1 is 1.05 bits per heavy atom. The molecule has 198 valence electrons. The summed E-state index contributed by atoms with van der Waals surface area (Å²) in [5.41, 5.74) is 1.78. The van der Waals surface area contributed by atoms with Gasteiger partial charge in [-0.3, -0.25) is 4.57 Å². The second kappa shape index (κ2) is 10.6. The van der Waals surface area contributed by atoms with Gasteiger partial charge in [0.1, 0.15) is 17.2 Å². The van der Waals surface area contributed by atoms with Gasteiger partial charge in [0.25, 0.3) is 0 Å². The molecule has 9 nitrogen and oxygen atoms in total. The highest BCUT2D eigenvalue weighted by molar-refractivity contribution is 6.30. The number of nitrogens with zero attached hydrogens (tertiary/aromatic N) is 5. The zero-order valence-corrected chi connectivity index (χ0v) is 22.4. The average molecular weight is 536 g/mol. The molecule has 0 bridgehead atoms. The van der Waals surface area contributed by atoms with Crippen LogP contribution < -0.4 is 4.74 Å². The number of benzene rings is 2. The molecule has 1 aromatic heterocycles. The van der Waals surface area contributed by atoms with Gasteiger partial charge in [-0.2, -0.15) is 5.26 Å². The fourth-order valence-electron chi connectivity index (χ4n) is 4.94. The Labute approximate surface area is 226 Å². The molecule has 2 heterocycles. The van der Waals surface area contributed by atoms with Crippen LogP contribution in [0.25, 0.3) is 5.69 Å². The van der Waals surface area contributed by atoms with E-state index in [1.807, 2.05) is 30.3 Å². The van der Waals surface area contributed by atoms with E-state index >= 15 is 0 Å². The maximum absolute atomic E-state index is 12.4. The Morgan fingerprint density at radius 2 is 1.79 bits per heavy atom. The number of aromatic nitrogens is 3. The van der Waals surface area contributed by atoms with E-state index in [2.05, 4.69) is 20.8 Å². The summed E-state index contributed by atoms with van der Waals surface area (Å²) in [6.45, 7) is 5.97. The normalized spacial score (nSPS) is 19.4. The predicted octanol–water partition coefficient (Wildman–Crippen LogP) is 6.08.